The predicted octanol–water partition coefficient (Wildman–Crippen LogP) is 2.03. The fraction of sp³-hybridized carbons (Fsp3) is 0.500. The van der Waals surface area contributed by atoms with Crippen LogP contribution in [0.15, 0.2) is 23.1 Å². The second-order valence-electron chi connectivity index (χ2n) is 4.22. The zero-order valence-electron chi connectivity index (χ0n) is 10.7. The fourth-order valence-corrected chi connectivity index (χ4v) is 2.23. The van der Waals surface area contributed by atoms with Crippen LogP contribution in [0.4, 0.5) is 5.69 Å². The Morgan fingerprint density at radius 3 is 2.95 bits per heavy atom. The molecule has 0 saturated carbocycles. The quantitative estimate of drug-likeness (QED) is 0.328. The largest absolute Gasteiger partial charge is 0.395 e. The van der Waals surface area contributed by atoms with Crippen molar-refractivity contribution in [3.05, 3.63) is 33.9 Å². The van der Waals surface area contributed by atoms with Gasteiger partial charge in [0.15, 0.2) is 0 Å². The molecule has 19 heavy (non-hydrogen) atoms. The lowest BCUT2D eigenvalue weighted by Gasteiger charge is -2.07. The van der Waals surface area contributed by atoms with Crippen molar-refractivity contribution in [2.24, 2.45) is 5.73 Å². The van der Waals surface area contributed by atoms with Crippen molar-refractivity contribution in [3.8, 4) is 0 Å². The minimum absolute atomic E-state index is 0.0441. The molecule has 0 saturated heterocycles. The van der Waals surface area contributed by atoms with E-state index < -0.39 is 4.92 Å². The first-order chi connectivity index (χ1) is 9.04. The number of nitro groups is 1. The van der Waals surface area contributed by atoms with E-state index in [0.29, 0.717) is 24.3 Å². The molecule has 1 aromatic carbocycles. The maximum atomic E-state index is 10.8. The number of nitrogens with zero attached hydrogens (tertiary/aromatic N) is 1. The van der Waals surface area contributed by atoms with E-state index in [1.807, 2.05) is 6.92 Å². The summed E-state index contributed by atoms with van der Waals surface area (Å²) in [5.41, 5.74) is 6.54. The molecule has 0 aromatic heterocycles. The maximum Gasteiger partial charge on any atom is 0.285 e. The van der Waals surface area contributed by atoms with Crippen LogP contribution >= 0.6 is 12.0 Å². The number of aryl methyl sites for hydroxylation is 1. The number of nitro benzene ring substituents is 1. The van der Waals surface area contributed by atoms with Gasteiger partial charge in [-0.2, -0.15) is 0 Å². The highest BCUT2D eigenvalue weighted by molar-refractivity contribution is 7.94. The Kier molecular flexibility index (Phi) is 6.79. The Morgan fingerprint density at radius 1 is 1.58 bits per heavy atom. The first kappa shape index (κ1) is 15.9. The molecule has 0 spiro atoms. The van der Waals surface area contributed by atoms with E-state index in [9.17, 15) is 10.1 Å². The average Bonchev–Trinajstić information content (AvgIpc) is 2.37. The van der Waals surface area contributed by atoms with Crippen LogP contribution in [-0.2, 0) is 4.18 Å². The standard InChI is InChI=1S/C12H18N2O4S/c1-9-4-5-11(14(16)17)12(7-9)19-18-6-2-3-10(13)8-15/h4-5,7,10,15H,2-3,6,8,13H2,1H3. The van der Waals surface area contributed by atoms with Crippen LogP contribution in [0.1, 0.15) is 18.4 Å². The van der Waals surface area contributed by atoms with Gasteiger partial charge in [0.25, 0.3) is 5.69 Å². The number of benzene rings is 1. The first-order valence-corrected chi connectivity index (χ1v) is 6.69. The van der Waals surface area contributed by atoms with Gasteiger partial charge in [0.05, 0.1) is 18.1 Å². The van der Waals surface area contributed by atoms with Gasteiger partial charge in [0.2, 0.25) is 0 Å². The van der Waals surface area contributed by atoms with Gasteiger partial charge in [-0.05, 0) is 31.4 Å². The molecule has 7 heteroatoms. The molecule has 1 atom stereocenters. The first-order valence-electron chi connectivity index (χ1n) is 5.95. The molecule has 1 aromatic rings. The molecule has 1 unspecified atom stereocenters. The van der Waals surface area contributed by atoms with Gasteiger partial charge in [-0.25, -0.2) is 0 Å². The molecule has 0 radical (unpaired) electrons. The molecule has 0 aliphatic carbocycles. The number of nitrogens with two attached hydrogens (primary N) is 1. The van der Waals surface area contributed by atoms with E-state index in [4.69, 9.17) is 15.0 Å². The molecule has 6 nitrogen and oxygen atoms in total. The summed E-state index contributed by atoms with van der Waals surface area (Å²) in [6.07, 6.45) is 1.36. The Labute approximate surface area is 116 Å². The Morgan fingerprint density at radius 2 is 2.32 bits per heavy atom. The smallest absolute Gasteiger partial charge is 0.285 e. The van der Waals surface area contributed by atoms with Gasteiger partial charge in [-0.15, -0.1) is 0 Å². The molecule has 0 aliphatic rings. The molecule has 106 valence electrons. The van der Waals surface area contributed by atoms with E-state index in [0.717, 1.165) is 17.6 Å². The topological polar surface area (TPSA) is 98.6 Å². The average molecular weight is 286 g/mol. The zero-order valence-corrected chi connectivity index (χ0v) is 11.6. The molecule has 3 N–H and O–H groups in total. The predicted molar refractivity (Wildman–Crippen MR) is 73.9 cm³/mol. The normalized spacial score (nSPS) is 12.4. The third kappa shape index (κ3) is 5.56. The number of aliphatic hydroxyl groups is 1. The van der Waals surface area contributed by atoms with Crippen LogP contribution in [0.3, 0.4) is 0 Å². The van der Waals surface area contributed by atoms with E-state index >= 15 is 0 Å². The Balaban J connectivity index is 2.44. The van der Waals surface area contributed by atoms with Gasteiger partial charge in [-0.3, -0.25) is 10.1 Å². The number of hydrogen-bond acceptors (Lipinski definition) is 6. The molecule has 0 heterocycles. The van der Waals surface area contributed by atoms with Crippen molar-refractivity contribution < 1.29 is 14.2 Å². The third-order valence-corrected chi connectivity index (χ3v) is 3.29. The minimum Gasteiger partial charge on any atom is -0.395 e. The Bertz CT molecular complexity index is 428. The highest BCUT2D eigenvalue weighted by atomic mass is 32.2. The summed E-state index contributed by atoms with van der Waals surface area (Å²) in [6, 6.07) is 4.66. The summed E-state index contributed by atoms with van der Waals surface area (Å²) < 4.78 is 5.34. The van der Waals surface area contributed by atoms with E-state index in [2.05, 4.69) is 0 Å². The molecular formula is C12H18N2O4S. The van der Waals surface area contributed by atoms with E-state index in [-0.39, 0.29) is 18.3 Å². The van der Waals surface area contributed by atoms with Crippen molar-refractivity contribution >= 4 is 17.7 Å². The van der Waals surface area contributed by atoms with Crippen LogP contribution in [-0.4, -0.2) is 29.3 Å². The van der Waals surface area contributed by atoms with Gasteiger partial charge in [0.1, 0.15) is 4.90 Å². The van der Waals surface area contributed by atoms with Crippen molar-refractivity contribution in [1.29, 1.82) is 0 Å². The van der Waals surface area contributed by atoms with Crippen molar-refractivity contribution in [2.45, 2.75) is 30.7 Å². The summed E-state index contributed by atoms with van der Waals surface area (Å²) in [6.45, 7) is 2.26. The highest BCUT2D eigenvalue weighted by Gasteiger charge is 2.14. The lowest BCUT2D eigenvalue weighted by atomic mass is 10.2. The molecule has 0 fully saturated rings. The summed E-state index contributed by atoms with van der Waals surface area (Å²) >= 11 is 1.00. The lowest BCUT2D eigenvalue weighted by Crippen LogP contribution is -2.24. The highest BCUT2D eigenvalue weighted by Crippen LogP contribution is 2.30. The number of rotatable bonds is 8. The van der Waals surface area contributed by atoms with Crippen LogP contribution < -0.4 is 5.73 Å². The number of hydrogen-bond donors (Lipinski definition) is 2. The van der Waals surface area contributed by atoms with Crippen molar-refractivity contribution in [1.82, 2.24) is 0 Å². The van der Waals surface area contributed by atoms with Crippen LogP contribution in [0, 0.1) is 17.0 Å². The summed E-state index contributed by atoms with van der Waals surface area (Å²) in [7, 11) is 0. The zero-order chi connectivity index (χ0) is 14.3. The van der Waals surface area contributed by atoms with E-state index in [1.54, 1.807) is 12.1 Å². The Hall–Kier alpha value is -1.15. The molecule has 1 rings (SSSR count). The van der Waals surface area contributed by atoms with Crippen LogP contribution in [0.5, 0.6) is 0 Å². The lowest BCUT2D eigenvalue weighted by molar-refractivity contribution is -0.387. The monoisotopic (exact) mass is 286 g/mol. The van der Waals surface area contributed by atoms with Crippen LogP contribution in [0.25, 0.3) is 0 Å². The second kappa shape index (κ2) is 8.11. The molecule has 0 amide bonds. The summed E-state index contributed by atoms with van der Waals surface area (Å²) in [5, 5.41) is 19.6. The molecule has 0 bridgehead atoms. The van der Waals surface area contributed by atoms with Gasteiger partial charge >= 0.3 is 0 Å². The van der Waals surface area contributed by atoms with Crippen LogP contribution in [0.2, 0.25) is 0 Å². The molecular weight excluding hydrogens is 268 g/mol. The minimum atomic E-state index is -0.424. The van der Waals surface area contributed by atoms with Gasteiger partial charge in [-0.1, -0.05) is 6.07 Å². The SMILES string of the molecule is Cc1ccc([N+](=O)[O-])c(SOCCCC(N)CO)c1. The van der Waals surface area contributed by atoms with Crippen molar-refractivity contribution in [3.63, 3.8) is 0 Å². The summed E-state index contributed by atoms with van der Waals surface area (Å²) in [4.78, 5) is 10.9. The van der Waals surface area contributed by atoms with Gasteiger partial charge in [0, 0.05) is 24.2 Å². The van der Waals surface area contributed by atoms with E-state index in [1.165, 1.54) is 6.07 Å². The second-order valence-corrected chi connectivity index (χ2v) is 5.06. The number of aliphatic hydroxyl groups excluding tert-OH is 1. The molecule has 0 aliphatic heterocycles. The fourth-order valence-electron chi connectivity index (χ4n) is 1.44. The maximum absolute atomic E-state index is 10.8. The third-order valence-electron chi connectivity index (χ3n) is 2.50. The van der Waals surface area contributed by atoms with Crippen molar-refractivity contribution in [2.75, 3.05) is 13.2 Å². The summed E-state index contributed by atoms with van der Waals surface area (Å²) in [5.74, 6) is 0. The van der Waals surface area contributed by atoms with Gasteiger partial charge < -0.3 is 15.0 Å².